The molecule has 2 aromatic rings. The van der Waals surface area contributed by atoms with E-state index in [1.54, 1.807) is 12.1 Å². The van der Waals surface area contributed by atoms with E-state index < -0.39 is 9.84 Å². The first kappa shape index (κ1) is 16.5. The van der Waals surface area contributed by atoms with E-state index in [0.717, 1.165) is 0 Å². The molecule has 0 fully saturated rings. The van der Waals surface area contributed by atoms with Gasteiger partial charge in [-0.1, -0.05) is 25.9 Å². The second kappa shape index (κ2) is 6.08. The Morgan fingerprint density at radius 2 is 1.82 bits per heavy atom. The number of hydrogen-bond acceptors (Lipinski definition) is 6. The van der Waals surface area contributed by atoms with Gasteiger partial charge in [0.05, 0.1) is 11.5 Å². The van der Waals surface area contributed by atoms with Crippen LogP contribution in [0.5, 0.6) is 5.75 Å². The Labute approximate surface area is 130 Å². The number of aromatic nitrogens is 2. The third kappa shape index (κ3) is 3.85. The van der Waals surface area contributed by atoms with Gasteiger partial charge in [0, 0.05) is 5.41 Å². The summed E-state index contributed by atoms with van der Waals surface area (Å²) in [4.78, 5) is 4.36. The van der Waals surface area contributed by atoms with Crippen LogP contribution in [0.1, 0.15) is 39.4 Å². The molecular formula is C15H20N2O4S. The summed E-state index contributed by atoms with van der Waals surface area (Å²) in [6.07, 6.45) is 0. The highest BCUT2D eigenvalue weighted by Crippen LogP contribution is 2.22. The van der Waals surface area contributed by atoms with E-state index in [4.69, 9.17) is 9.26 Å². The number of sulfone groups is 1. The van der Waals surface area contributed by atoms with E-state index in [1.165, 1.54) is 12.1 Å². The summed E-state index contributed by atoms with van der Waals surface area (Å²) >= 11 is 0. The van der Waals surface area contributed by atoms with Gasteiger partial charge in [0.25, 0.3) is 0 Å². The summed E-state index contributed by atoms with van der Waals surface area (Å²) in [5, 5.41) is 3.75. The number of rotatable bonds is 5. The van der Waals surface area contributed by atoms with Crippen molar-refractivity contribution in [2.45, 2.75) is 43.8 Å². The second-order valence-electron chi connectivity index (χ2n) is 5.93. The Morgan fingerprint density at radius 1 is 1.18 bits per heavy atom. The zero-order chi connectivity index (χ0) is 16.4. The SMILES string of the molecule is CCOc1ccc(S(=O)(=O)Cc2noc(C(C)(C)C)n2)cc1. The minimum absolute atomic E-state index is 0.166. The molecule has 120 valence electrons. The molecule has 0 aliphatic rings. The van der Waals surface area contributed by atoms with Gasteiger partial charge in [-0.2, -0.15) is 4.98 Å². The van der Waals surface area contributed by atoms with Crippen molar-refractivity contribution in [2.24, 2.45) is 0 Å². The van der Waals surface area contributed by atoms with Gasteiger partial charge >= 0.3 is 0 Å². The van der Waals surface area contributed by atoms with Gasteiger partial charge in [-0.05, 0) is 31.2 Å². The lowest BCUT2D eigenvalue weighted by Crippen LogP contribution is -2.12. The molecule has 6 nitrogen and oxygen atoms in total. The standard InChI is InChI=1S/C15H20N2O4S/c1-5-20-11-6-8-12(9-7-11)22(18,19)10-13-16-14(21-17-13)15(2,3)4/h6-9H,5,10H2,1-4H3. The van der Waals surface area contributed by atoms with Crippen LogP contribution in [-0.2, 0) is 21.0 Å². The van der Waals surface area contributed by atoms with Crippen LogP contribution in [0.3, 0.4) is 0 Å². The summed E-state index contributed by atoms with van der Waals surface area (Å²) < 4.78 is 35.1. The molecule has 0 N–H and O–H groups in total. The van der Waals surface area contributed by atoms with Gasteiger partial charge in [-0.25, -0.2) is 8.42 Å². The summed E-state index contributed by atoms with van der Waals surface area (Å²) in [6.45, 7) is 8.17. The van der Waals surface area contributed by atoms with Crippen LogP contribution in [0, 0.1) is 0 Å². The normalized spacial score (nSPS) is 12.4. The van der Waals surface area contributed by atoms with Gasteiger partial charge < -0.3 is 9.26 Å². The zero-order valence-electron chi connectivity index (χ0n) is 13.2. The minimum Gasteiger partial charge on any atom is -0.494 e. The largest absolute Gasteiger partial charge is 0.494 e. The molecule has 22 heavy (non-hydrogen) atoms. The highest BCUT2D eigenvalue weighted by Gasteiger charge is 2.24. The first-order valence-electron chi connectivity index (χ1n) is 7.01. The molecule has 1 aromatic heterocycles. The molecule has 0 radical (unpaired) electrons. The van der Waals surface area contributed by atoms with Crippen molar-refractivity contribution in [2.75, 3.05) is 6.61 Å². The van der Waals surface area contributed by atoms with E-state index in [1.807, 2.05) is 27.7 Å². The lowest BCUT2D eigenvalue weighted by Gasteiger charge is -2.10. The molecule has 7 heteroatoms. The van der Waals surface area contributed by atoms with Gasteiger partial charge in [0.1, 0.15) is 11.5 Å². The Hall–Kier alpha value is -1.89. The maximum Gasteiger partial charge on any atom is 0.232 e. The fourth-order valence-corrected chi connectivity index (χ4v) is 2.95. The molecule has 0 unspecified atom stereocenters. The van der Waals surface area contributed by atoms with Crippen LogP contribution in [0.2, 0.25) is 0 Å². The number of nitrogens with zero attached hydrogens (tertiary/aromatic N) is 2. The zero-order valence-corrected chi connectivity index (χ0v) is 14.0. The second-order valence-corrected chi connectivity index (χ2v) is 7.92. The third-order valence-corrected chi connectivity index (χ3v) is 4.55. The maximum atomic E-state index is 12.4. The maximum absolute atomic E-state index is 12.4. The predicted octanol–water partition coefficient (Wildman–Crippen LogP) is 2.74. The number of ether oxygens (including phenoxy) is 1. The van der Waals surface area contributed by atoms with Crippen LogP contribution in [0.25, 0.3) is 0 Å². The summed E-state index contributed by atoms with van der Waals surface area (Å²) in [7, 11) is -3.52. The third-order valence-electron chi connectivity index (χ3n) is 2.92. The smallest absolute Gasteiger partial charge is 0.232 e. The highest BCUT2D eigenvalue weighted by molar-refractivity contribution is 7.90. The molecule has 1 aromatic carbocycles. The van der Waals surface area contributed by atoms with E-state index in [9.17, 15) is 8.42 Å². The molecule has 0 bridgehead atoms. The predicted molar refractivity (Wildman–Crippen MR) is 81.5 cm³/mol. The Morgan fingerprint density at radius 3 is 2.32 bits per heavy atom. The first-order chi connectivity index (χ1) is 10.2. The van der Waals surface area contributed by atoms with Crippen LogP contribution < -0.4 is 4.74 Å². The van der Waals surface area contributed by atoms with Gasteiger partial charge in [-0.3, -0.25) is 0 Å². The van der Waals surface area contributed by atoms with E-state index in [2.05, 4.69) is 10.1 Å². The molecule has 1 heterocycles. The quantitative estimate of drug-likeness (QED) is 0.841. The number of hydrogen-bond donors (Lipinski definition) is 0. The monoisotopic (exact) mass is 324 g/mol. The van der Waals surface area contributed by atoms with E-state index in [0.29, 0.717) is 18.2 Å². The summed E-state index contributed by atoms with van der Waals surface area (Å²) in [5.41, 5.74) is -0.311. The topological polar surface area (TPSA) is 82.3 Å². The highest BCUT2D eigenvalue weighted by atomic mass is 32.2. The number of benzene rings is 1. The minimum atomic E-state index is -3.52. The lowest BCUT2D eigenvalue weighted by atomic mass is 9.97. The van der Waals surface area contributed by atoms with E-state index >= 15 is 0 Å². The van der Waals surface area contributed by atoms with Crippen LogP contribution >= 0.6 is 0 Å². The lowest BCUT2D eigenvalue weighted by molar-refractivity contribution is 0.319. The fraction of sp³-hybridized carbons (Fsp3) is 0.467. The average molecular weight is 324 g/mol. The molecule has 0 spiro atoms. The van der Waals surface area contributed by atoms with Gasteiger partial charge in [0.2, 0.25) is 5.89 Å². The Bertz CT molecular complexity index is 728. The molecule has 0 amide bonds. The van der Waals surface area contributed by atoms with Crippen molar-refractivity contribution in [3.63, 3.8) is 0 Å². The molecular weight excluding hydrogens is 304 g/mol. The van der Waals surface area contributed by atoms with Crippen molar-refractivity contribution in [3.8, 4) is 5.75 Å². The summed E-state index contributed by atoms with van der Waals surface area (Å²) in [5.74, 6) is 0.930. The van der Waals surface area contributed by atoms with Crippen LogP contribution in [0.4, 0.5) is 0 Å². The molecule has 0 saturated heterocycles. The van der Waals surface area contributed by atoms with Gasteiger partial charge in [0.15, 0.2) is 15.7 Å². The van der Waals surface area contributed by atoms with Crippen LogP contribution in [-0.4, -0.2) is 25.2 Å². The molecule has 2 rings (SSSR count). The van der Waals surface area contributed by atoms with Crippen LogP contribution in [0.15, 0.2) is 33.7 Å². The van der Waals surface area contributed by atoms with E-state index in [-0.39, 0.29) is 21.9 Å². The van der Waals surface area contributed by atoms with Crippen molar-refractivity contribution in [1.82, 2.24) is 10.1 Å². The first-order valence-corrected chi connectivity index (χ1v) is 8.66. The van der Waals surface area contributed by atoms with Crippen molar-refractivity contribution in [1.29, 1.82) is 0 Å². The Kier molecular flexibility index (Phi) is 4.55. The molecule has 0 aliphatic carbocycles. The van der Waals surface area contributed by atoms with Crippen molar-refractivity contribution >= 4 is 9.84 Å². The summed E-state index contributed by atoms with van der Waals surface area (Å²) in [6, 6.07) is 6.30. The fourth-order valence-electron chi connectivity index (χ4n) is 1.78. The van der Waals surface area contributed by atoms with Gasteiger partial charge in [-0.15, -0.1) is 0 Å². The average Bonchev–Trinajstić information content (AvgIpc) is 2.87. The van der Waals surface area contributed by atoms with Crippen molar-refractivity contribution in [3.05, 3.63) is 36.0 Å². The van der Waals surface area contributed by atoms with Crippen molar-refractivity contribution < 1.29 is 17.7 Å². The molecule has 0 saturated carbocycles. The molecule has 0 aliphatic heterocycles. The Balaban J connectivity index is 2.18. The molecule has 0 atom stereocenters.